The number of Topliss-reactive ketones (excluding diaryl/α,β-unsaturated/α-hetero) is 1. The summed E-state index contributed by atoms with van der Waals surface area (Å²) in [7, 11) is 0. The fourth-order valence-corrected chi connectivity index (χ4v) is 4.62. The second kappa shape index (κ2) is 8.77. The summed E-state index contributed by atoms with van der Waals surface area (Å²) in [6.07, 6.45) is -1.40. The highest BCUT2D eigenvalue weighted by Crippen LogP contribution is 2.45. The van der Waals surface area contributed by atoms with Crippen LogP contribution in [0.2, 0.25) is 10.0 Å². The number of benzene rings is 3. The van der Waals surface area contributed by atoms with Crippen molar-refractivity contribution >= 4 is 46.4 Å². The number of fused-ring (bicyclic) bond motifs is 2. The van der Waals surface area contributed by atoms with Crippen LogP contribution in [0, 0.1) is 10.1 Å². The van der Waals surface area contributed by atoms with E-state index in [1.807, 2.05) is 0 Å². The van der Waals surface area contributed by atoms with Gasteiger partial charge >= 0.3 is 5.97 Å². The van der Waals surface area contributed by atoms with Crippen molar-refractivity contribution in [3.05, 3.63) is 109 Å². The van der Waals surface area contributed by atoms with Gasteiger partial charge in [-0.3, -0.25) is 24.5 Å². The van der Waals surface area contributed by atoms with Gasteiger partial charge in [0.05, 0.1) is 15.9 Å². The minimum Gasteiger partial charge on any atom is -0.453 e. The monoisotopic (exact) mass is 483 g/mol. The molecule has 0 amide bonds. The van der Waals surface area contributed by atoms with Crippen molar-refractivity contribution in [1.82, 2.24) is 0 Å². The zero-order valence-electron chi connectivity index (χ0n) is 17.1. The minimum absolute atomic E-state index is 0.0981. The predicted molar refractivity (Wildman–Crippen MR) is 121 cm³/mol. The molecule has 0 aliphatic heterocycles. The zero-order chi connectivity index (χ0) is 23.9. The summed E-state index contributed by atoms with van der Waals surface area (Å²) in [4.78, 5) is 49.2. The second-order valence-electron chi connectivity index (χ2n) is 7.41. The average molecular weight is 484 g/mol. The number of ether oxygens (including phenoxy) is 1. The smallest absolute Gasteiger partial charge is 0.303 e. The number of non-ortho nitro benzene ring substituents is 1. The molecule has 4 rings (SSSR count). The van der Waals surface area contributed by atoms with E-state index >= 15 is 0 Å². The lowest BCUT2D eigenvalue weighted by Crippen LogP contribution is -2.37. The second-order valence-corrected chi connectivity index (χ2v) is 8.22. The van der Waals surface area contributed by atoms with Gasteiger partial charge in [-0.15, -0.1) is 0 Å². The molecule has 1 aliphatic rings. The highest BCUT2D eigenvalue weighted by molar-refractivity contribution is 6.36. The summed E-state index contributed by atoms with van der Waals surface area (Å²) in [5.74, 6) is -2.60. The summed E-state index contributed by atoms with van der Waals surface area (Å²) < 4.78 is 5.49. The highest BCUT2D eigenvalue weighted by atomic mass is 35.5. The molecule has 0 fully saturated rings. The molecule has 0 bridgehead atoms. The van der Waals surface area contributed by atoms with Gasteiger partial charge in [0.2, 0.25) is 5.78 Å². The number of halogens is 2. The predicted octanol–water partition coefficient (Wildman–Crippen LogP) is 5.39. The Morgan fingerprint density at radius 2 is 1.64 bits per heavy atom. The molecule has 2 atom stereocenters. The van der Waals surface area contributed by atoms with Gasteiger partial charge in [-0.2, -0.15) is 0 Å². The lowest BCUT2D eigenvalue weighted by Gasteiger charge is -2.33. The molecule has 7 nitrogen and oxygen atoms in total. The SMILES string of the molecule is CC(=O)OC(C(=O)c1ccc([N+](=O)[O-])cc1)C1c2cccc(Cl)c2C(=O)c2cccc(Cl)c21. The van der Waals surface area contributed by atoms with Crippen LogP contribution in [0.4, 0.5) is 5.69 Å². The number of hydrogen-bond acceptors (Lipinski definition) is 6. The minimum atomic E-state index is -1.40. The van der Waals surface area contributed by atoms with Crippen LogP contribution in [-0.4, -0.2) is 28.6 Å². The van der Waals surface area contributed by atoms with Gasteiger partial charge in [0.15, 0.2) is 11.9 Å². The summed E-state index contributed by atoms with van der Waals surface area (Å²) in [6, 6.07) is 14.5. The third-order valence-electron chi connectivity index (χ3n) is 5.43. The summed E-state index contributed by atoms with van der Waals surface area (Å²) in [5.41, 5.74) is 1.11. The standard InChI is InChI=1S/C24H15Cl2NO6/c1-12(28)33-24(22(29)13-8-10-14(11-9-13)27(31)32)21-15-4-2-7-18(26)20(15)23(30)16-5-3-6-17(25)19(16)21/h2-11,21,24H,1H3. The lowest BCUT2D eigenvalue weighted by atomic mass is 9.73. The van der Waals surface area contributed by atoms with Crippen molar-refractivity contribution in [2.75, 3.05) is 0 Å². The molecule has 0 saturated carbocycles. The van der Waals surface area contributed by atoms with Crippen molar-refractivity contribution in [1.29, 1.82) is 0 Å². The molecule has 0 radical (unpaired) electrons. The molecule has 1 aliphatic carbocycles. The molecule has 33 heavy (non-hydrogen) atoms. The molecule has 0 spiro atoms. The third kappa shape index (κ3) is 4.01. The Kier molecular flexibility index (Phi) is 6.01. The fourth-order valence-electron chi connectivity index (χ4n) is 4.06. The summed E-state index contributed by atoms with van der Waals surface area (Å²) in [5, 5.41) is 11.4. The topological polar surface area (TPSA) is 104 Å². The molecule has 0 N–H and O–H groups in total. The summed E-state index contributed by atoms with van der Waals surface area (Å²) in [6.45, 7) is 1.16. The van der Waals surface area contributed by atoms with Crippen LogP contribution in [0.5, 0.6) is 0 Å². The summed E-state index contributed by atoms with van der Waals surface area (Å²) >= 11 is 12.8. The van der Waals surface area contributed by atoms with E-state index in [9.17, 15) is 24.5 Å². The van der Waals surface area contributed by atoms with Crippen LogP contribution >= 0.6 is 23.2 Å². The third-order valence-corrected chi connectivity index (χ3v) is 6.08. The van der Waals surface area contributed by atoms with Crippen LogP contribution in [0.25, 0.3) is 0 Å². The van der Waals surface area contributed by atoms with E-state index in [0.717, 1.165) is 6.92 Å². The first-order valence-electron chi connectivity index (χ1n) is 9.78. The van der Waals surface area contributed by atoms with E-state index in [-0.39, 0.29) is 38.2 Å². The number of nitro groups is 1. The van der Waals surface area contributed by atoms with Crippen LogP contribution in [0.3, 0.4) is 0 Å². The first-order valence-corrected chi connectivity index (χ1v) is 10.5. The average Bonchev–Trinajstić information content (AvgIpc) is 2.78. The highest BCUT2D eigenvalue weighted by Gasteiger charge is 2.43. The number of nitro benzene ring substituents is 1. The normalized spacial score (nSPS) is 15.2. The fraction of sp³-hybridized carbons (Fsp3) is 0.125. The van der Waals surface area contributed by atoms with Crippen LogP contribution in [-0.2, 0) is 9.53 Å². The van der Waals surface area contributed by atoms with Crippen molar-refractivity contribution < 1.29 is 24.0 Å². The molecular weight excluding hydrogens is 469 g/mol. The van der Waals surface area contributed by atoms with Gasteiger partial charge in [0, 0.05) is 40.8 Å². The van der Waals surface area contributed by atoms with Gasteiger partial charge in [0.1, 0.15) is 0 Å². The van der Waals surface area contributed by atoms with Gasteiger partial charge in [-0.1, -0.05) is 47.5 Å². The molecule has 0 aromatic heterocycles. The van der Waals surface area contributed by atoms with Crippen LogP contribution in [0.15, 0.2) is 60.7 Å². The Morgan fingerprint density at radius 3 is 2.27 bits per heavy atom. The van der Waals surface area contributed by atoms with Crippen LogP contribution < -0.4 is 0 Å². The van der Waals surface area contributed by atoms with Gasteiger partial charge in [-0.05, 0) is 35.4 Å². The number of carbonyl (C=O) groups is 3. The number of hydrogen-bond donors (Lipinski definition) is 0. The van der Waals surface area contributed by atoms with E-state index in [4.69, 9.17) is 27.9 Å². The van der Waals surface area contributed by atoms with Crippen molar-refractivity contribution in [3.63, 3.8) is 0 Å². The maximum absolute atomic E-state index is 13.6. The largest absolute Gasteiger partial charge is 0.453 e. The molecular formula is C24H15Cl2NO6. The Bertz CT molecular complexity index is 1320. The van der Waals surface area contributed by atoms with Gasteiger partial charge in [-0.25, -0.2) is 0 Å². The molecule has 0 heterocycles. The Hall–Kier alpha value is -3.55. The Labute approximate surface area is 198 Å². The van der Waals surface area contributed by atoms with E-state index in [1.54, 1.807) is 36.4 Å². The molecule has 2 unspecified atom stereocenters. The maximum Gasteiger partial charge on any atom is 0.303 e. The number of nitrogens with zero attached hydrogens (tertiary/aromatic N) is 1. The first-order chi connectivity index (χ1) is 15.7. The quantitative estimate of drug-likeness (QED) is 0.208. The first kappa shape index (κ1) is 22.6. The van der Waals surface area contributed by atoms with E-state index in [2.05, 4.69) is 0 Å². The van der Waals surface area contributed by atoms with Gasteiger partial charge in [0.25, 0.3) is 5.69 Å². The van der Waals surface area contributed by atoms with Crippen LogP contribution in [0.1, 0.15) is 50.2 Å². The number of esters is 1. The number of carbonyl (C=O) groups excluding carboxylic acids is 3. The number of ketones is 2. The zero-order valence-corrected chi connectivity index (χ0v) is 18.6. The molecule has 166 valence electrons. The lowest BCUT2D eigenvalue weighted by molar-refractivity contribution is -0.384. The molecule has 9 heteroatoms. The molecule has 0 saturated heterocycles. The van der Waals surface area contributed by atoms with Crippen molar-refractivity contribution in [3.8, 4) is 0 Å². The molecule has 3 aromatic carbocycles. The van der Waals surface area contributed by atoms with E-state index < -0.39 is 28.7 Å². The van der Waals surface area contributed by atoms with Gasteiger partial charge < -0.3 is 4.74 Å². The van der Waals surface area contributed by atoms with Crippen molar-refractivity contribution in [2.45, 2.75) is 18.9 Å². The Balaban J connectivity index is 1.93. The maximum atomic E-state index is 13.6. The van der Waals surface area contributed by atoms with Crippen molar-refractivity contribution in [2.24, 2.45) is 0 Å². The van der Waals surface area contributed by atoms with E-state index in [1.165, 1.54) is 24.3 Å². The van der Waals surface area contributed by atoms with E-state index in [0.29, 0.717) is 11.1 Å². The number of rotatable bonds is 5. The molecule has 3 aromatic rings. The Morgan fingerprint density at radius 1 is 1.00 bits per heavy atom.